The van der Waals surface area contributed by atoms with E-state index in [1.54, 1.807) is 23.9 Å². The lowest BCUT2D eigenvalue weighted by Gasteiger charge is -2.12. The van der Waals surface area contributed by atoms with Gasteiger partial charge in [0.2, 0.25) is 0 Å². The van der Waals surface area contributed by atoms with E-state index in [0.29, 0.717) is 25.5 Å². The van der Waals surface area contributed by atoms with Gasteiger partial charge in [-0.15, -0.1) is 0 Å². The van der Waals surface area contributed by atoms with Gasteiger partial charge < -0.3 is 10.6 Å². The first-order valence-electron chi connectivity index (χ1n) is 7.05. The Balaban J connectivity index is 2.74. The van der Waals surface area contributed by atoms with E-state index in [2.05, 4.69) is 15.6 Å². The Bertz CT molecular complexity index is 453. The van der Waals surface area contributed by atoms with Gasteiger partial charge in [0.15, 0.2) is 5.96 Å². The van der Waals surface area contributed by atoms with E-state index in [4.69, 9.17) is 0 Å². The lowest BCUT2D eigenvalue weighted by Crippen LogP contribution is -2.37. The van der Waals surface area contributed by atoms with E-state index < -0.39 is 0 Å². The molecule has 0 aliphatic carbocycles. The number of halogens is 2. The van der Waals surface area contributed by atoms with Crippen LogP contribution in [0, 0.1) is 5.82 Å². The van der Waals surface area contributed by atoms with Crippen LogP contribution in [0.1, 0.15) is 24.5 Å². The van der Waals surface area contributed by atoms with Crippen molar-refractivity contribution in [2.24, 2.45) is 4.99 Å². The van der Waals surface area contributed by atoms with E-state index in [0.717, 1.165) is 23.4 Å². The number of nitrogens with zero attached hydrogens (tertiary/aromatic N) is 1. The summed E-state index contributed by atoms with van der Waals surface area (Å²) in [5.74, 6) is 1.19. The third kappa shape index (κ3) is 6.80. The van der Waals surface area contributed by atoms with Crippen molar-refractivity contribution >= 4 is 17.7 Å². The Kier molecular flexibility index (Phi) is 8.82. The first kappa shape index (κ1) is 17.8. The predicted octanol–water partition coefficient (Wildman–Crippen LogP) is 3.10. The minimum Gasteiger partial charge on any atom is -0.357 e. The fourth-order valence-electron chi connectivity index (χ4n) is 1.82. The van der Waals surface area contributed by atoms with Gasteiger partial charge in [-0.2, -0.15) is 11.8 Å². The SMILES string of the molecule is CCNC(=NCc1ccc(F)cc1CSC)NCCCF. The van der Waals surface area contributed by atoms with Crippen LogP contribution in [0.5, 0.6) is 0 Å². The molecule has 21 heavy (non-hydrogen) atoms. The highest BCUT2D eigenvalue weighted by molar-refractivity contribution is 7.97. The maximum Gasteiger partial charge on any atom is 0.191 e. The summed E-state index contributed by atoms with van der Waals surface area (Å²) in [5.41, 5.74) is 1.97. The van der Waals surface area contributed by atoms with Crippen LogP contribution < -0.4 is 10.6 Å². The quantitative estimate of drug-likeness (QED) is 0.440. The van der Waals surface area contributed by atoms with Crippen molar-refractivity contribution in [3.63, 3.8) is 0 Å². The third-order valence-electron chi connectivity index (χ3n) is 2.82. The number of hydrogen-bond acceptors (Lipinski definition) is 2. The average Bonchev–Trinajstić information content (AvgIpc) is 2.47. The van der Waals surface area contributed by atoms with Crippen LogP contribution in [0.3, 0.4) is 0 Å². The summed E-state index contributed by atoms with van der Waals surface area (Å²) >= 11 is 1.65. The second kappa shape index (κ2) is 10.4. The second-order valence-electron chi connectivity index (χ2n) is 4.51. The molecular weight excluding hydrogens is 292 g/mol. The first-order chi connectivity index (χ1) is 10.2. The summed E-state index contributed by atoms with van der Waals surface area (Å²) in [6, 6.07) is 4.79. The molecule has 3 nitrogen and oxygen atoms in total. The van der Waals surface area contributed by atoms with Gasteiger partial charge in [0.05, 0.1) is 13.2 Å². The molecule has 0 aliphatic rings. The molecule has 0 amide bonds. The van der Waals surface area contributed by atoms with Gasteiger partial charge in [-0.05, 0) is 42.9 Å². The second-order valence-corrected chi connectivity index (χ2v) is 5.38. The normalized spacial score (nSPS) is 11.5. The van der Waals surface area contributed by atoms with Crippen molar-refractivity contribution in [3.8, 4) is 0 Å². The number of thioether (sulfide) groups is 1. The molecule has 0 heterocycles. The van der Waals surface area contributed by atoms with Crippen molar-refractivity contribution in [2.45, 2.75) is 25.6 Å². The highest BCUT2D eigenvalue weighted by Gasteiger charge is 2.04. The van der Waals surface area contributed by atoms with Gasteiger partial charge in [-0.3, -0.25) is 4.39 Å². The molecule has 0 saturated heterocycles. The number of hydrogen-bond donors (Lipinski definition) is 2. The molecule has 0 unspecified atom stereocenters. The van der Waals surface area contributed by atoms with Gasteiger partial charge in [-0.25, -0.2) is 9.38 Å². The summed E-state index contributed by atoms with van der Waals surface area (Å²) in [6.07, 6.45) is 2.44. The molecule has 1 aromatic rings. The van der Waals surface area contributed by atoms with Gasteiger partial charge in [0, 0.05) is 18.8 Å². The molecule has 1 rings (SSSR count). The number of aliphatic imine (C=N–C) groups is 1. The number of alkyl halides is 1. The molecule has 0 bridgehead atoms. The number of benzene rings is 1. The predicted molar refractivity (Wildman–Crippen MR) is 87.0 cm³/mol. The summed E-state index contributed by atoms with van der Waals surface area (Å²) in [4.78, 5) is 4.47. The molecule has 0 spiro atoms. The van der Waals surface area contributed by atoms with E-state index in [9.17, 15) is 8.78 Å². The smallest absolute Gasteiger partial charge is 0.191 e. The maximum atomic E-state index is 13.3. The molecule has 0 radical (unpaired) electrons. The zero-order valence-electron chi connectivity index (χ0n) is 12.6. The number of rotatable bonds is 8. The van der Waals surface area contributed by atoms with Crippen molar-refractivity contribution in [2.75, 3.05) is 26.0 Å². The summed E-state index contributed by atoms with van der Waals surface area (Å²) in [7, 11) is 0. The van der Waals surface area contributed by atoms with E-state index in [-0.39, 0.29) is 12.5 Å². The zero-order valence-corrected chi connectivity index (χ0v) is 13.4. The zero-order chi connectivity index (χ0) is 15.5. The highest BCUT2D eigenvalue weighted by Crippen LogP contribution is 2.17. The van der Waals surface area contributed by atoms with Crippen LogP contribution in [0.25, 0.3) is 0 Å². The van der Waals surface area contributed by atoms with Crippen LogP contribution in [0.4, 0.5) is 8.78 Å². The van der Waals surface area contributed by atoms with Gasteiger partial charge in [0.1, 0.15) is 5.82 Å². The highest BCUT2D eigenvalue weighted by atomic mass is 32.2. The molecule has 2 N–H and O–H groups in total. The van der Waals surface area contributed by atoms with Gasteiger partial charge in [0.25, 0.3) is 0 Å². The molecule has 0 saturated carbocycles. The molecule has 0 aromatic heterocycles. The van der Waals surface area contributed by atoms with Crippen LogP contribution in [-0.2, 0) is 12.3 Å². The summed E-state index contributed by atoms with van der Waals surface area (Å²) < 4.78 is 25.4. The Labute approximate surface area is 129 Å². The number of guanidine groups is 1. The van der Waals surface area contributed by atoms with Crippen LogP contribution >= 0.6 is 11.8 Å². The van der Waals surface area contributed by atoms with E-state index in [1.807, 2.05) is 13.2 Å². The minimum absolute atomic E-state index is 0.222. The van der Waals surface area contributed by atoms with Crippen LogP contribution in [0.15, 0.2) is 23.2 Å². The van der Waals surface area contributed by atoms with Crippen LogP contribution in [-0.4, -0.2) is 32.0 Å². The largest absolute Gasteiger partial charge is 0.357 e. The van der Waals surface area contributed by atoms with E-state index in [1.165, 1.54) is 6.07 Å². The monoisotopic (exact) mass is 315 g/mol. The summed E-state index contributed by atoms with van der Waals surface area (Å²) in [5, 5.41) is 6.19. The van der Waals surface area contributed by atoms with Crippen molar-refractivity contribution < 1.29 is 8.78 Å². The Morgan fingerprint density at radius 2 is 2.10 bits per heavy atom. The molecule has 0 atom stereocenters. The Morgan fingerprint density at radius 1 is 1.29 bits per heavy atom. The van der Waals surface area contributed by atoms with Crippen molar-refractivity contribution in [3.05, 3.63) is 35.1 Å². The molecule has 118 valence electrons. The molecular formula is C15H23F2N3S. The third-order valence-corrected chi connectivity index (χ3v) is 3.42. The Morgan fingerprint density at radius 3 is 2.76 bits per heavy atom. The fourth-order valence-corrected chi connectivity index (χ4v) is 2.40. The van der Waals surface area contributed by atoms with Crippen molar-refractivity contribution in [1.29, 1.82) is 0 Å². The van der Waals surface area contributed by atoms with E-state index >= 15 is 0 Å². The van der Waals surface area contributed by atoms with Crippen LogP contribution in [0.2, 0.25) is 0 Å². The molecule has 1 aromatic carbocycles. The lowest BCUT2D eigenvalue weighted by molar-refractivity contribution is 0.470. The maximum absolute atomic E-state index is 13.3. The topological polar surface area (TPSA) is 36.4 Å². The Hall–Kier alpha value is -1.30. The van der Waals surface area contributed by atoms with Gasteiger partial charge in [-0.1, -0.05) is 6.07 Å². The summed E-state index contributed by atoms with van der Waals surface area (Å²) in [6.45, 7) is 3.39. The molecule has 0 aliphatic heterocycles. The first-order valence-corrected chi connectivity index (χ1v) is 8.45. The minimum atomic E-state index is -0.345. The fraction of sp³-hybridized carbons (Fsp3) is 0.533. The van der Waals surface area contributed by atoms with Gasteiger partial charge >= 0.3 is 0 Å². The van der Waals surface area contributed by atoms with Crippen molar-refractivity contribution in [1.82, 2.24) is 10.6 Å². The molecule has 0 fully saturated rings. The standard InChI is InChI=1S/C15H23F2N3S/c1-3-18-15(19-8-4-7-16)20-10-12-5-6-14(17)9-13(12)11-21-2/h5-6,9H,3-4,7-8,10-11H2,1-2H3,(H2,18,19,20). The molecule has 6 heteroatoms. The average molecular weight is 315 g/mol. The lowest BCUT2D eigenvalue weighted by atomic mass is 10.1. The number of nitrogens with one attached hydrogen (secondary N) is 2.